The summed E-state index contributed by atoms with van der Waals surface area (Å²) in [6.07, 6.45) is 0. The Morgan fingerprint density at radius 3 is 2.05 bits per heavy atom. The van der Waals surface area contributed by atoms with Crippen LogP contribution in [0.5, 0.6) is 0 Å². The van der Waals surface area contributed by atoms with E-state index in [1.54, 1.807) is 0 Å². The summed E-state index contributed by atoms with van der Waals surface area (Å²) in [5.74, 6) is -1.67. The van der Waals surface area contributed by atoms with Crippen molar-refractivity contribution in [3.63, 3.8) is 0 Å². The second-order valence-electron chi connectivity index (χ2n) is 4.33. The van der Waals surface area contributed by atoms with Gasteiger partial charge in [0.25, 0.3) is 0 Å². The highest BCUT2D eigenvalue weighted by Crippen LogP contribution is 2.31. The van der Waals surface area contributed by atoms with Crippen molar-refractivity contribution < 1.29 is 8.78 Å². The number of halogens is 4. The van der Waals surface area contributed by atoms with E-state index in [2.05, 4.69) is 9.97 Å². The van der Waals surface area contributed by atoms with Crippen LogP contribution < -0.4 is 0 Å². The van der Waals surface area contributed by atoms with E-state index in [9.17, 15) is 8.78 Å². The van der Waals surface area contributed by atoms with E-state index in [0.717, 1.165) is 12.1 Å². The number of nitrogens with zero attached hydrogens (tertiary/aromatic N) is 2. The second kappa shape index (κ2) is 5.39. The minimum atomic E-state index is -0.971. The Morgan fingerprint density at radius 2 is 1.58 bits per heavy atom. The maximum Gasteiger partial charge on any atom is 0.162 e. The van der Waals surface area contributed by atoms with E-state index in [4.69, 9.17) is 23.2 Å². The Kier molecular flexibility index (Phi) is 4.02. The lowest BCUT2D eigenvalue weighted by Gasteiger charge is -2.11. The second-order valence-corrected chi connectivity index (χ2v) is 5.04. The Balaban J connectivity index is 2.55. The van der Waals surface area contributed by atoms with E-state index in [-0.39, 0.29) is 22.0 Å². The molecule has 100 valence electrons. The lowest BCUT2D eigenvalue weighted by molar-refractivity contribution is 0.509. The van der Waals surface area contributed by atoms with Gasteiger partial charge in [0, 0.05) is 11.1 Å². The molecule has 2 rings (SSSR count). The van der Waals surface area contributed by atoms with Crippen molar-refractivity contribution >= 4 is 23.2 Å². The Morgan fingerprint density at radius 1 is 1.00 bits per heavy atom. The molecule has 0 radical (unpaired) electrons. The van der Waals surface area contributed by atoms with E-state index < -0.39 is 11.6 Å². The fourth-order valence-electron chi connectivity index (χ4n) is 1.66. The molecule has 0 saturated heterocycles. The summed E-state index contributed by atoms with van der Waals surface area (Å²) in [7, 11) is 0. The molecule has 1 aromatic heterocycles. The zero-order chi connectivity index (χ0) is 14.2. The van der Waals surface area contributed by atoms with Crippen molar-refractivity contribution in [2.24, 2.45) is 0 Å². The van der Waals surface area contributed by atoms with Gasteiger partial charge in [-0.3, -0.25) is 0 Å². The third-order valence-electron chi connectivity index (χ3n) is 2.61. The number of aromatic nitrogens is 2. The highest BCUT2D eigenvalue weighted by molar-refractivity contribution is 6.34. The molecule has 1 heterocycles. The van der Waals surface area contributed by atoms with Crippen molar-refractivity contribution in [2.45, 2.75) is 19.8 Å². The molecule has 0 aliphatic carbocycles. The summed E-state index contributed by atoms with van der Waals surface area (Å²) in [5.41, 5.74) is 0.952. The highest BCUT2D eigenvalue weighted by atomic mass is 35.5. The fraction of sp³-hybridized carbons (Fsp3) is 0.231. The van der Waals surface area contributed by atoms with Crippen LogP contribution in [-0.4, -0.2) is 9.97 Å². The molecule has 0 fully saturated rings. The molecule has 0 aliphatic heterocycles. The van der Waals surface area contributed by atoms with Gasteiger partial charge in [0.05, 0.1) is 0 Å². The molecule has 0 atom stereocenters. The van der Waals surface area contributed by atoms with Crippen molar-refractivity contribution in [1.82, 2.24) is 9.97 Å². The van der Waals surface area contributed by atoms with Gasteiger partial charge in [-0.25, -0.2) is 18.7 Å². The van der Waals surface area contributed by atoms with Gasteiger partial charge in [-0.2, -0.15) is 0 Å². The minimum absolute atomic E-state index is 0.0685. The number of rotatable bonds is 2. The quantitative estimate of drug-likeness (QED) is 0.741. The molecule has 2 aromatic rings. The molecule has 6 heteroatoms. The molecule has 2 nitrogen and oxygen atoms in total. The fourth-order valence-corrected chi connectivity index (χ4v) is 2.48. The largest absolute Gasteiger partial charge is 0.216 e. The van der Waals surface area contributed by atoms with Gasteiger partial charge in [-0.15, -0.1) is 0 Å². The first-order valence-corrected chi connectivity index (χ1v) is 6.34. The van der Waals surface area contributed by atoms with Gasteiger partial charge in [0.15, 0.2) is 17.5 Å². The van der Waals surface area contributed by atoms with Crippen molar-refractivity contribution in [3.8, 4) is 11.4 Å². The summed E-state index contributed by atoms with van der Waals surface area (Å²) < 4.78 is 26.1. The molecular formula is C13H10Cl2F2N2. The van der Waals surface area contributed by atoms with Crippen molar-refractivity contribution in [1.29, 1.82) is 0 Å². The van der Waals surface area contributed by atoms with E-state index in [1.807, 2.05) is 13.8 Å². The SMILES string of the molecule is CC(C)c1c(Cl)nc(-c2ccc(F)c(F)c2)nc1Cl. The normalized spacial score (nSPS) is 11.1. The summed E-state index contributed by atoms with van der Waals surface area (Å²) in [5, 5.41) is 0.435. The summed E-state index contributed by atoms with van der Waals surface area (Å²) in [6.45, 7) is 3.82. The van der Waals surface area contributed by atoms with Crippen molar-refractivity contribution in [3.05, 3.63) is 45.7 Å². The lowest BCUT2D eigenvalue weighted by atomic mass is 10.1. The maximum atomic E-state index is 13.2. The molecule has 0 saturated carbocycles. The van der Waals surface area contributed by atoms with Crippen LogP contribution in [0.1, 0.15) is 25.3 Å². The molecule has 0 unspecified atom stereocenters. The monoisotopic (exact) mass is 302 g/mol. The van der Waals surface area contributed by atoms with Crippen LogP contribution in [0.15, 0.2) is 18.2 Å². The standard InChI is InChI=1S/C13H10Cl2F2N2/c1-6(2)10-11(14)18-13(19-12(10)15)7-3-4-8(16)9(17)5-7/h3-6H,1-2H3. The molecule has 19 heavy (non-hydrogen) atoms. The Labute approximate surface area is 119 Å². The molecule has 0 amide bonds. The summed E-state index contributed by atoms with van der Waals surface area (Å²) in [6, 6.07) is 3.38. The van der Waals surface area contributed by atoms with Crippen LogP contribution in [0.4, 0.5) is 8.78 Å². The topological polar surface area (TPSA) is 25.8 Å². The first kappa shape index (κ1) is 14.2. The summed E-state index contributed by atoms with van der Waals surface area (Å²) in [4.78, 5) is 8.15. The first-order valence-electron chi connectivity index (χ1n) is 5.58. The maximum absolute atomic E-state index is 13.2. The van der Waals surface area contributed by atoms with Crippen LogP contribution in [0.25, 0.3) is 11.4 Å². The predicted molar refractivity (Wildman–Crippen MR) is 71.5 cm³/mol. The molecule has 0 spiro atoms. The minimum Gasteiger partial charge on any atom is -0.216 e. The van der Waals surface area contributed by atoms with Crippen molar-refractivity contribution in [2.75, 3.05) is 0 Å². The number of benzene rings is 1. The van der Waals surface area contributed by atoms with Crippen LogP contribution in [0.2, 0.25) is 10.3 Å². The molecular weight excluding hydrogens is 293 g/mol. The van der Waals surface area contributed by atoms with Gasteiger partial charge < -0.3 is 0 Å². The Bertz CT molecular complexity index is 607. The zero-order valence-electron chi connectivity index (χ0n) is 10.2. The first-order chi connectivity index (χ1) is 8.90. The molecule has 1 aromatic carbocycles. The van der Waals surface area contributed by atoms with Gasteiger partial charge in [0.1, 0.15) is 10.3 Å². The van der Waals surface area contributed by atoms with Crippen LogP contribution in [0, 0.1) is 11.6 Å². The average Bonchev–Trinajstić information content (AvgIpc) is 2.31. The molecule has 0 aliphatic rings. The van der Waals surface area contributed by atoms with Crippen LogP contribution in [-0.2, 0) is 0 Å². The highest BCUT2D eigenvalue weighted by Gasteiger charge is 2.16. The molecule has 0 bridgehead atoms. The number of hydrogen-bond acceptors (Lipinski definition) is 2. The lowest BCUT2D eigenvalue weighted by Crippen LogP contribution is -1.99. The zero-order valence-corrected chi connectivity index (χ0v) is 11.7. The van der Waals surface area contributed by atoms with Crippen LogP contribution >= 0.6 is 23.2 Å². The van der Waals surface area contributed by atoms with Gasteiger partial charge in [-0.05, 0) is 24.1 Å². The van der Waals surface area contributed by atoms with E-state index in [1.165, 1.54) is 6.07 Å². The average molecular weight is 303 g/mol. The van der Waals surface area contributed by atoms with E-state index in [0.29, 0.717) is 11.1 Å². The van der Waals surface area contributed by atoms with Gasteiger partial charge in [-0.1, -0.05) is 37.0 Å². The summed E-state index contributed by atoms with van der Waals surface area (Å²) >= 11 is 12.1. The third-order valence-corrected chi connectivity index (χ3v) is 3.18. The number of hydrogen-bond donors (Lipinski definition) is 0. The predicted octanol–water partition coefficient (Wildman–Crippen LogP) is 4.85. The third kappa shape index (κ3) is 2.85. The van der Waals surface area contributed by atoms with Gasteiger partial charge >= 0.3 is 0 Å². The molecule has 0 N–H and O–H groups in total. The van der Waals surface area contributed by atoms with E-state index >= 15 is 0 Å². The van der Waals surface area contributed by atoms with Gasteiger partial charge in [0.2, 0.25) is 0 Å². The Hall–Kier alpha value is -1.26. The van der Waals surface area contributed by atoms with Crippen LogP contribution in [0.3, 0.4) is 0 Å². The smallest absolute Gasteiger partial charge is 0.162 e.